The topological polar surface area (TPSA) is 102 Å². The standard InChI is InChI=1S/C20H21N3O5/c1-14-11-16(7-8-17(14)23(26)27)20(25)21-12-19(24)22-9-10-28-18(13-22)15-5-3-2-4-6-15/h2-8,11,18H,9-10,12-13H2,1H3,(H,21,25). The number of nitro groups is 1. The number of carbonyl (C=O) groups excluding carboxylic acids is 2. The van der Waals surface area contributed by atoms with Crippen molar-refractivity contribution in [3.63, 3.8) is 0 Å². The van der Waals surface area contributed by atoms with Crippen LogP contribution in [-0.4, -0.2) is 47.9 Å². The Hall–Kier alpha value is -3.26. The molecule has 146 valence electrons. The zero-order chi connectivity index (χ0) is 20.1. The molecule has 1 heterocycles. The zero-order valence-electron chi connectivity index (χ0n) is 15.5. The smallest absolute Gasteiger partial charge is 0.272 e. The molecule has 2 aromatic carbocycles. The van der Waals surface area contributed by atoms with Gasteiger partial charge in [-0.15, -0.1) is 0 Å². The summed E-state index contributed by atoms with van der Waals surface area (Å²) >= 11 is 0. The highest BCUT2D eigenvalue weighted by Crippen LogP contribution is 2.22. The number of hydrogen-bond acceptors (Lipinski definition) is 5. The van der Waals surface area contributed by atoms with Gasteiger partial charge in [0.25, 0.3) is 11.6 Å². The van der Waals surface area contributed by atoms with Crippen molar-refractivity contribution in [3.05, 3.63) is 75.3 Å². The van der Waals surface area contributed by atoms with Crippen LogP contribution in [0.25, 0.3) is 0 Å². The summed E-state index contributed by atoms with van der Waals surface area (Å²) in [7, 11) is 0. The molecule has 1 N–H and O–H groups in total. The molecule has 1 aliphatic heterocycles. The van der Waals surface area contributed by atoms with Crippen LogP contribution in [0.5, 0.6) is 0 Å². The van der Waals surface area contributed by atoms with Crippen molar-refractivity contribution >= 4 is 17.5 Å². The van der Waals surface area contributed by atoms with Crippen molar-refractivity contribution in [2.45, 2.75) is 13.0 Å². The largest absolute Gasteiger partial charge is 0.370 e. The molecule has 0 spiro atoms. The van der Waals surface area contributed by atoms with Gasteiger partial charge in [-0.05, 0) is 24.6 Å². The summed E-state index contributed by atoms with van der Waals surface area (Å²) in [5.41, 5.74) is 1.63. The van der Waals surface area contributed by atoms with Crippen LogP contribution in [-0.2, 0) is 9.53 Å². The third-order valence-electron chi connectivity index (χ3n) is 4.65. The third-order valence-corrected chi connectivity index (χ3v) is 4.65. The summed E-state index contributed by atoms with van der Waals surface area (Å²) < 4.78 is 5.75. The van der Waals surface area contributed by atoms with E-state index in [1.165, 1.54) is 18.2 Å². The molecule has 3 rings (SSSR count). The van der Waals surface area contributed by atoms with Gasteiger partial charge in [-0.1, -0.05) is 30.3 Å². The van der Waals surface area contributed by atoms with Crippen LogP contribution >= 0.6 is 0 Å². The second-order valence-corrected chi connectivity index (χ2v) is 6.55. The van der Waals surface area contributed by atoms with Gasteiger partial charge in [0.2, 0.25) is 5.91 Å². The summed E-state index contributed by atoms with van der Waals surface area (Å²) in [6.45, 7) is 2.75. The van der Waals surface area contributed by atoms with Crippen LogP contribution in [0, 0.1) is 17.0 Å². The number of nitro benzene ring substituents is 1. The van der Waals surface area contributed by atoms with Gasteiger partial charge in [0, 0.05) is 23.7 Å². The minimum absolute atomic E-state index is 0.0482. The number of carbonyl (C=O) groups is 2. The molecule has 8 heteroatoms. The third kappa shape index (κ3) is 4.52. The molecule has 1 fully saturated rings. The average Bonchev–Trinajstić information content (AvgIpc) is 2.72. The second kappa shape index (κ2) is 8.62. The summed E-state index contributed by atoms with van der Waals surface area (Å²) in [4.78, 5) is 36.8. The number of hydrogen-bond donors (Lipinski definition) is 1. The maximum absolute atomic E-state index is 12.5. The predicted molar refractivity (Wildman–Crippen MR) is 102 cm³/mol. The SMILES string of the molecule is Cc1cc(C(=O)NCC(=O)N2CCOC(c3ccccc3)C2)ccc1[N+](=O)[O-]. The minimum Gasteiger partial charge on any atom is -0.370 e. The quantitative estimate of drug-likeness (QED) is 0.630. The molecule has 1 saturated heterocycles. The van der Waals surface area contributed by atoms with E-state index in [0.29, 0.717) is 25.3 Å². The second-order valence-electron chi connectivity index (χ2n) is 6.55. The summed E-state index contributed by atoms with van der Waals surface area (Å²) in [5.74, 6) is -0.643. The lowest BCUT2D eigenvalue weighted by Gasteiger charge is -2.33. The number of amides is 2. The lowest BCUT2D eigenvalue weighted by molar-refractivity contribution is -0.385. The van der Waals surface area contributed by atoms with Crippen LogP contribution in [0.3, 0.4) is 0 Å². The number of aryl methyl sites for hydroxylation is 1. The maximum Gasteiger partial charge on any atom is 0.272 e. The molecular weight excluding hydrogens is 362 g/mol. The van der Waals surface area contributed by atoms with Gasteiger partial charge in [-0.3, -0.25) is 19.7 Å². The fourth-order valence-electron chi connectivity index (χ4n) is 3.12. The lowest BCUT2D eigenvalue weighted by Crippen LogP contribution is -2.46. The Morgan fingerprint density at radius 3 is 2.68 bits per heavy atom. The van der Waals surface area contributed by atoms with E-state index in [1.54, 1.807) is 11.8 Å². The molecule has 0 aliphatic carbocycles. The van der Waals surface area contributed by atoms with Crippen molar-refractivity contribution in [2.75, 3.05) is 26.2 Å². The van der Waals surface area contributed by atoms with Crippen molar-refractivity contribution in [2.24, 2.45) is 0 Å². The Kier molecular flexibility index (Phi) is 6.00. The van der Waals surface area contributed by atoms with Gasteiger partial charge in [0.1, 0.15) is 6.10 Å². The molecule has 2 aromatic rings. The number of morpholine rings is 1. The Bertz CT molecular complexity index is 885. The molecular formula is C20H21N3O5. The Labute approximate surface area is 162 Å². The highest BCUT2D eigenvalue weighted by molar-refractivity contribution is 5.96. The summed E-state index contributed by atoms with van der Waals surface area (Å²) in [6, 6.07) is 13.8. The summed E-state index contributed by atoms with van der Waals surface area (Å²) in [6.07, 6.45) is -0.188. The Morgan fingerprint density at radius 2 is 2.00 bits per heavy atom. The first-order valence-corrected chi connectivity index (χ1v) is 8.93. The summed E-state index contributed by atoms with van der Waals surface area (Å²) in [5, 5.41) is 13.5. The van der Waals surface area contributed by atoms with E-state index < -0.39 is 10.8 Å². The maximum atomic E-state index is 12.5. The van der Waals surface area contributed by atoms with E-state index in [4.69, 9.17) is 4.74 Å². The van der Waals surface area contributed by atoms with Gasteiger partial charge in [-0.2, -0.15) is 0 Å². The minimum atomic E-state index is -0.498. The number of benzene rings is 2. The molecule has 1 atom stereocenters. The van der Waals surface area contributed by atoms with Crippen LogP contribution in [0.15, 0.2) is 48.5 Å². The predicted octanol–water partition coefficient (Wildman–Crippen LogP) is 2.23. The van der Waals surface area contributed by atoms with Crippen molar-refractivity contribution < 1.29 is 19.2 Å². The van der Waals surface area contributed by atoms with E-state index in [0.717, 1.165) is 5.56 Å². The molecule has 0 bridgehead atoms. The highest BCUT2D eigenvalue weighted by atomic mass is 16.6. The lowest BCUT2D eigenvalue weighted by atomic mass is 10.1. The number of ether oxygens (including phenoxy) is 1. The number of rotatable bonds is 5. The fraction of sp³-hybridized carbons (Fsp3) is 0.300. The van der Waals surface area contributed by atoms with E-state index in [2.05, 4.69) is 5.32 Å². The van der Waals surface area contributed by atoms with Crippen molar-refractivity contribution in [1.29, 1.82) is 0 Å². The van der Waals surface area contributed by atoms with Crippen molar-refractivity contribution in [1.82, 2.24) is 10.2 Å². The van der Waals surface area contributed by atoms with Crippen LogP contribution in [0.1, 0.15) is 27.6 Å². The molecule has 1 aliphatic rings. The van der Waals surface area contributed by atoms with Gasteiger partial charge >= 0.3 is 0 Å². The molecule has 2 amide bonds. The van der Waals surface area contributed by atoms with Crippen molar-refractivity contribution in [3.8, 4) is 0 Å². The average molecular weight is 383 g/mol. The molecule has 0 radical (unpaired) electrons. The molecule has 0 aromatic heterocycles. The Morgan fingerprint density at radius 1 is 1.25 bits per heavy atom. The first kappa shape index (κ1) is 19.5. The van der Waals surface area contributed by atoms with E-state index in [1.807, 2.05) is 30.3 Å². The first-order chi connectivity index (χ1) is 13.5. The van der Waals surface area contributed by atoms with Gasteiger partial charge in [-0.25, -0.2) is 0 Å². The van der Waals surface area contributed by atoms with E-state index in [-0.39, 0.29) is 29.8 Å². The van der Waals surface area contributed by atoms with Crippen LogP contribution < -0.4 is 5.32 Å². The highest BCUT2D eigenvalue weighted by Gasteiger charge is 2.25. The van der Waals surface area contributed by atoms with Gasteiger partial charge in [0.05, 0.1) is 24.6 Å². The fourth-order valence-corrected chi connectivity index (χ4v) is 3.12. The van der Waals surface area contributed by atoms with E-state index >= 15 is 0 Å². The number of nitrogens with zero attached hydrogens (tertiary/aromatic N) is 2. The van der Waals surface area contributed by atoms with Gasteiger partial charge < -0.3 is 15.0 Å². The van der Waals surface area contributed by atoms with E-state index in [9.17, 15) is 19.7 Å². The molecule has 8 nitrogen and oxygen atoms in total. The first-order valence-electron chi connectivity index (χ1n) is 8.93. The Balaban J connectivity index is 1.57. The molecule has 28 heavy (non-hydrogen) atoms. The monoisotopic (exact) mass is 383 g/mol. The van der Waals surface area contributed by atoms with Crippen LogP contribution in [0.4, 0.5) is 5.69 Å². The normalized spacial score (nSPS) is 16.5. The molecule has 1 unspecified atom stereocenters. The molecule has 0 saturated carbocycles. The van der Waals surface area contributed by atoms with Gasteiger partial charge in [0.15, 0.2) is 0 Å². The van der Waals surface area contributed by atoms with Crippen LogP contribution in [0.2, 0.25) is 0 Å². The number of nitrogens with one attached hydrogen (secondary N) is 1. The zero-order valence-corrected chi connectivity index (χ0v) is 15.5.